The summed E-state index contributed by atoms with van der Waals surface area (Å²) in [6, 6.07) is 2.49. The number of carbonyl (C=O) groups excluding carboxylic acids is 2. The van der Waals surface area contributed by atoms with E-state index in [1.165, 1.54) is 19.1 Å². The van der Waals surface area contributed by atoms with Gasteiger partial charge in [0.15, 0.2) is 0 Å². The highest BCUT2D eigenvalue weighted by Gasteiger charge is 2.26. The lowest BCUT2D eigenvalue weighted by Gasteiger charge is -2.22. The number of carbonyl (C=O) groups is 4. The van der Waals surface area contributed by atoms with E-state index < -0.39 is 41.9 Å². The number of phenols is 1. The van der Waals surface area contributed by atoms with E-state index in [9.17, 15) is 24.3 Å². The molecule has 7 N–H and O–H groups in total. The van der Waals surface area contributed by atoms with Crippen LogP contribution in [0.4, 0.5) is 0 Å². The third-order valence-electron chi connectivity index (χ3n) is 3.74. The maximum Gasteiger partial charge on any atom is 0.325 e. The standard InChI is InChI=1S/C17H23N3O7/c1-9(17(26)27)19-16(25)13(8-10-2-4-11(21)5-3-10)20-15(24)12(18)6-7-14(22)23/h2-5,9,12-13,21H,6-8,18H2,1H3,(H,19,25)(H,20,24)(H,22,23)(H,26,27)/t9-,12-,13-/m0/s1. The molecule has 0 saturated carbocycles. The SMILES string of the molecule is C[C@H](NC(=O)[C@H](Cc1ccc(O)cc1)NC(=O)[C@@H](N)CCC(=O)O)C(=O)O. The zero-order valence-electron chi connectivity index (χ0n) is 14.7. The van der Waals surface area contributed by atoms with Crippen LogP contribution in [0.5, 0.6) is 5.75 Å². The number of phenolic OH excluding ortho intramolecular Hbond substituents is 1. The predicted molar refractivity (Wildman–Crippen MR) is 93.8 cm³/mol. The lowest BCUT2D eigenvalue weighted by atomic mass is 10.0. The van der Waals surface area contributed by atoms with Crippen molar-refractivity contribution in [3.8, 4) is 5.75 Å². The quantitative estimate of drug-likeness (QED) is 0.305. The van der Waals surface area contributed by atoms with Gasteiger partial charge in [-0.3, -0.25) is 19.2 Å². The van der Waals surface area contributed by atoms with E-state index in [1.54, 1.807) is 12.1 Å². The fourth-order valence-corrected chi connectivity index (χ4v) is 2.14. The molecule has 0 aliphatic heterocycles. The second-order valence-corrected chi connectivity index (χ2v) is 6.04. The Labute approximate surface area is 155 Å². The van der Waals surface area contributed by atoms with Crippen molar-refractivity contribution in [3.05, 3.63) is 29.8 Å². The normalized spacial score (nSPS) is 13.9. The summed E-state index contributed by atoms with van der Waals surface area (Å²) in [7, 11) is 0. The number of hydrogen-bond donors (Lipinski definition) is 6. The fraction of sp³-hybridized carbons (Fsp3) is 0.412. The van der Waals surface area contributed by atoms with Crippen LogP contribution in [-0.4, -0.2) is 57.2 Å². The van der Waals surface area contributed by atoms with Crippen LogP contribution in [0.15, 0.2) is 24.3 Å². The number of carboxylic acid groups (broad SMARTS) is 2. The van der Waals surface area contributed by atoms with Crippen molar-refractivity contribution in [2.75, 3.05) is 0 Å². The van der Waals surface area contributed by atoms with E-state index in [0.29, 0.717) is 5.56 Å². The van der Waals surface area contributed by atoms with Crippen LogP contribution in [0.3, 0.4) is 0 Å². The van der Waals surface area contributed by atoms with Gasteiger partial charge in [0.1, 0.15) is 17.8 Å². The Hall–Kier alpha value is -3.14. The monoisotopic (exact) mass is 381 g/mol. The molecule has 0 saturated heterocycles. The summed E-state index contributed by atoms with van der Waals surface area (Å²) in [6.45, 7) is 1.28. The minimum Gasteiger partial charge on any atom is -0.508 e. The smallest absolute Gasteiger partial charge is 0.325 e. The van der Waals surface area contributed by atoms with E-state index in [4.69, 9.17) is 15.9 Å². The van der Waals surface area contributed by atoms with Crippen LogP contribution in [0.2, 0.25) is 0 Å². The molecule has 1 rings (SSSR count). The Balaban J connectivity index is 2.87. The van der Waals surface area contributed by atoms with Gasteiger partial charge in [-0.25, -0.2) is 0 Å². The maximum atomic E-state index is 12.4. The van der Waals surface area contributed by atoms with E-state index in [1.807, 2.05) is 0 Å². The molecule has 10 nitrogen and oxygen atoms in total. The molecule has 2 amide bonds. The van der Waals surface area contributed by atoms with Crippen LogP contribution in [0.1, 0.15) is 25.3 Å². The number of amides is 2. The van der Waals surface area contributed by atoms with Crippen LogP contribution in [0.25, 0.3) is 0 Å². The second kappa shape index (κ2) is 10.1. The van der Waals surface area contributed by atoms with Crippen molar-refractivity contribution < 1.29 is 34.5 Å². The number of nitrogens with one attached hydrogen (secondary N) is 2. The summed E-state index contributed by atoms with van der Waals surface area (Å²) in [5.41, 5.74) is 6.25. The summed E-state index contributed by atoms with van der Waals surface area (Å²) >= 11 is 0. The number of nitrogens with two attached hydrogens (primary N) is 1. The number of aromatic hydroxyl groups is 1. The van der Waals surface area contributed by atoms with Gasteiger partial charge in [-0.05, 0) is 31.0 Å². The predicted octanol–water partition coefficient (Wildman–Crippen LogP) is -0.799. The molecule has 0 fully saturated rings. The molecule has 0 radical (unpaired) electrons. The highest BCUT2D eigenvalue weighted by atomic mass is 16.4. The van der Waals surface area contributed by atoms with Gasteiger partial charge in [0.2, 0.25) is 11.8 Å². The topological polar surface area (TPSA) is 179 Å². The molecular weight excluding hydrogens is 358 g/mol. The van der Waals surface area contributed by atoms with Crippen molar-refractivity contribution in [3.63, 3.8) is 0 Å². The maximum absolute atomic E-state index is 12.4. The molecule has 0 bridgehead atoms. The Morgan fingerprint density at radius 3 is 2.15 bits per heavy atom. The van der Waals surface area contributed by atoms with Gasteiger partial charge in [-0.1, -0.05) is 12.1 Å². The minimum atomic E-state index is -1.24. The van der Waals surface area contributed by atoms with Crippen molar-refractivity contribution in [1.82, 2.24) is 10.6 Å². The summed E-state index contributed by atoms with van der Waals surface area (Å²) in [4.78, 5) is 46.1. The van der Waals surface area contributed by atoms with Crippen LogP contribution in [-0.2, 0) is 25.6 Å². The van der Waals surface area contributed by atoms with Crippen molar-refractivity contribution >= 4 is 23.8 Å². The largest absolute Gasteiger partial charge is 0.508 e. The van der Waals surface area contributed by atoms with Crippen LogP contribution < -0.4 is 16.4 Å². The van der Waals surface area contributed by atoms with E-state index in [-0.39, 0.29) is 25.0 Å². The van der Waals surface area contributed by atoms with Gasteiger partial charge >= 0.3 is 11.9 Å². The second-order valence-electron chi connectivity index (χ2n) is 6.04. The molecule has 1 aromatic carbocycles. The average molecular weight is 381 g/mol. The third-order valence-corrected chi connectivity index (χ3v) is 3.74. The number of rotatable bonds is 10. The number of aliphatic carboxylic acids is 2. The molecule has 3 atom stereocenters. The lowest BCUT2D eigenvalue weighted by molar-refractivity contribution is -0.141. The third kappa shape index (κ3) is 7.74. The summed E-state index contributed by atoms with van der Waals surface area (Å²) in [5.74, 6) is -3.77. The lowest BCUT2D eigenvalue weighted by Crippen LogP contribution is -2.54. The van der Waals surface area contributed by atoms with Crippen LogP contribution in [0, 0.1) is 0 Å². The highest BCUT2D eigenvalue weighted by molar-refractivity contribution is 5.92. The van der Waals surface area contributed by atoms with Crippen molar-refractivity contribution in [2.24, 2.45) is 5.73 Å². The molecule has 0 spiro atoms. The number of hydrogen-bond acceptors (Lipinski definition) is 6. The summed E-state index contributed by atoms with van der Waals surface area (Å²) < 4.78 is 0. The zero-order chi connectivity index (χ0) is 20.6. The summed E-state index contributed by atoms with van der Waals surface area (Å²) in [6.07, 6.45) is -0.393. The number of carboxylic acids is 2. The molecule has 0 aromatic heterocycles. The highest BCUT2D eigenvalue weighted by Crippen LogP contribution is 2.12. The van der Waals surface area contributed by atoms with E-state index in [0.717, 1.165) is 0 Å². The first kappa shape index (κ1) is 21.9. The van der Waals surface area contributed by atoms with Gasteiger partial charge in [-0.2, -0.15) is 0 Å². The fourth-order valence-electron chi connectivity index (χ4n) is 2.14. The first-order chi connectivity index (χ1) is 12.6. The van der Waals surface area contributed by atoms with Gasteiger partial charge in [0.05, 0.1) is 6.04 Å². The van der Waals surface area contributed by atoms with Gasteiger partial charge in [-0.15, -0.1) is 0 Å². The Morgan fingerprint density at radius 2 is 1.63 bits per heavy atom. The molecule has 10 heteroatoms. The molecule has 0 heterocycles. The molecular formula is C17H23N3O7. The van der Waals surface area contributed by atoms with Crippen LogP contribution >= 0.6 is 0 Å². The molecule has 0 aliphatic carbocycles. The number of benzene rings is 1. The molecule has 0 unspecified atom stereocenters. The Bertz CT molecular complexity index is 690. The Morgan fingerprint density at radius 1 is 1.04 bits per heavy atom. The minimum absolute atomic E-state index is 0.0237. The van der Waals surface area contributed by atoms with E-state index >= 15 is 0 Å². The zero-order valence-corrected chi connectivity index (χ0v) is 14.7. The molecule has 1 aromatic rings. The summed E-state index contributed by atoms with van der Waals surface area (Å²) in [5, 5.41) is 31.6. The average Bonchev–Trinajstić information content (AvgIpc) is 2.60. The Kier molecular flexibility index (Phi) is 8.21. The van der Waals surface area contributed by atoms with Gasteiger partial charge < -0.3 is 31.7 Å². The van der Waals surface area contributed by atoms with Gasteiger partial charge in [0, 0.05) is 12.8 Å². The van der Waals surface area contributed by atoms with Crippen molar-refractivity contribution in [1.29, 1.82) is 0 Å². The van der Waals surface area contributed by atoms with Gasteiger partial charge in [0.25, 0.3) is 0 Å². The van der Waals surface area contributed by atoms with Crippen molar-refractivity contribution in [2.45, 2.75) is 44.3 Å². The molecule has 148 valence electrons. The molecule has 0 aliphatic rings. The first-order valence-electron chi connectivity index (χ1n) is 8.19. The van der Waals surface area contributed by atoms with E-state index in [2.05, 4.69) is 10.6 Å². The molecule has 27 heavy (non-hydrogen) atoms. The first-order valence-corrected chi connectivity index (χ1v) is 8.19.